The summed E-state index contributed by atoms with van der Waals surface area (Å²) in [5.74, 6) is -1.08. The Balaban J connectivity index is 3.30. The molecule has 0 saturated heterocycles. The molecule has 0 aliphatic rings. The molecule has 1 unspecified atom stereocenters. The summed E-state index contributed by atoms with van der Waals surface area (Å²) in [5, 5.41) is 7.55. The molecule has 1 aromatic carbocycles. The lowest BCUT2D eigenvalue weighted by Gasteiger charge is -2.34. The Hall–Kier alpha value is -1.36. The molecule has 1 rings (SSSR count). The summed E-state index contributed by atoms with van der Waals surface area (Å²) in [4.78, 5) is 11.8. The van der Waals surface area contributed by atoms with Crippen LogP contribution in [0.15, 0.2) is 30.3 Å². The van der Waals surface area contributed by atoms with Crippen molar-refractivity contribution < 1.29 is 28.3 Å². The van der Waals surface area contributed by atoms with Crippen LogP contribution in [0.2, 0.25) is 0 Å². The topological polar surface area (TPSA) is 82.1 Å². The van der Waals surface area contributed by atoms with Crippen LogP contribution in [-0.4, -0.2) is 29.6 Å². The maximum atomic E-state index is 13.0. The summed E-state index contributed by atoms with van der Waals surface area (Å²) >= 11 is 0. The third-order valence-corrected chi connectivity index (χ3v) is 5.56. The van der Waals surface area contributed by atoms with Crippen molar-refractivity contribution in [2.75, 3.05) is 13.2 Å². The Morgan fingerprint density at radius 2 is 1.67 bits per heavy atom. The molecule has 0 aliphatic carbocycles. The third kappa shape index (κ3) is 3.64. The van der Waals surface area contributed by atoms with Crippen molar-refractivity contribution in [1.29, 1.82) is 0 Å². The van der Waals surface area contributed by atoms with Gasteiger partial charge in [0.15, 0.2) is 0 Å². The van der Waals surface area contributed by atoms with Crippen molar-refractivity contribution in [2.45, 2.75) is 32.5 Å². The van der Waals surface area contributed by atoms with Crippen molar-refractivity contribution in [3.63, 3.8) is 0 Å². The second-order valence-electron chi connectivity index (χ2n) is 4.19. The van der Waals surface area contributed by atoms with E-state index < -0.39 is 18.9 Å². The van der Waals surface area contributed by atoms with Gasteiger partial charge in [-0.1, -0.05) is 25.1 Å². The number of carboxylic acids is 1. The first-order valence-electron chi connectivity index (χ1n) is 6.82. The number of carbonyl (C=O) groups is 1. The third-order valence-electron chi connectivity index (χ3n) is 2.88. The molecule has 0 spiro atoms. The van der Waals surface area contributed by atoms with Gasteiger partial charge in [0.1, 0.15) is 5.75 Å². The van der Waals surface area contributed by atoms with E-state index >= 15 is 0 Å². The summed E-state index contributed by atoms with van der Waals surface area (Å²) < 4.78 is 28.9. The highest BCUT2D eigenvalue weighted by molar-refractivity contribution is 7.56. The van der Waals surface area contributed by atoms with E-state index in [9.17, 15) is 14.5 Å². The standard InChI is InChI=1S/C14H21O6P/c1-4-14(13(15)16,20-12-10-8-7-9-11-12)21(17,18-5-2)19-6-3/h7-11H,4-6H2,1-3H3,(H,15,16). The second kappa shape index (κ2) is 7.59. The number of rotatable bonds is 9. The first-order valence-corrected chi connectivity index (χ1v) is 8.36. The van der Waals surface area contributed by atoms with Gasteiger partial charge < -0.3 is 18.9 Å². The van der Waals surface area contributed by atoms with Crippen LogP contribution in [0.1, 0.15) is 27.2 Å². The van der Waals surface area contributed by atoms with Crippen LogP contribution in [-0.2, 0) is 18.4 Å². The number of aliphatic carboxylic acids is 1. The fraction of sp³-hybridized carbons (Fsp3) is 0.500. The van der Waals surface area contributed by atoms with Crippen molar-refractivity contribution in [3.05, 3.63) is 30.3 Å². The minimum absolute atomic E-state index is 0.0600. The van der Waals surface area contributed by atoms with Gasteiger partial charge in [0.25, 0.3) is 0 Å². The summed E-state index contributed by atoms with van der Waals surface area (Å²) in [5.41, 5.74) is 0. The van der Waals surface area contributed by atoms with Crippen molar-refractivity contribution in [2.24, 2.45) is 0 Å². The predicted octanol–water partition coefficient (Wildman–Crippen LogP) is 3.52. The zero-order chi connectivity index (χ0) is 15.9. The molecule has 0 heterocycles. The molecule has 0 saturated carbocycles. The summed E-state index contributed by atoms with van der Waals surface area (Å²) in [6.07, 6.45) is -0.0610. The minimum atomic E-state index is -4.00. The zero-order valence-electron chi connectivity index (χ0n) is 12.4. The second-order valence-corrected chi connectivity index (χ2v) is 6.42. The summed E-state index contributed by atoms with van der Waals surface area (Å²) in [6, 6.07) is 8.35. The molecule has 0 fully saturated rings. The van der Waals surface area contributed by atoms with Gasteiger partial charge in [-0.15, -0.1) is 0 Å². The molecule has 0 aliphatic heterocycles. The fourth-order valence-corrected chi connectivity index (χ4v) is 3.91. The van der Waals surface area contributed by atoms with Gasteiger partial charge in [-0.05, 0) is 26.0 Å². The highest BCUT2D eigenvalue weighted by Crippen LogP contribution is 2.62. The molecule has 0 aromatic heterocycles. The largest absolute Gasteiger partial charge is 0.478 e. The van der Waals surface area contributed by atoms with Crippen molar-refractivity contribution in [1.82, 2.24) is 0 Å². The lowest BCUT2D eigenvalue weighted by Crippen LogP contribution is -2.45. The maximum Gasteiger partial charge on any atom is 0.385 e. The molecule has 0 bridgehead atoms. The van der Waals surface area contributed by atoms with Gasteiger partial charge >= 0.3 is 18.9 Å². The first kappa shape index (κ1) is 17.7. The van der Waals surface area contributed by atoms with E-state index in [0.29, 0.717) is 5.75 Å². The van der Waals surface area contributed by atoms with Gasteiger partial charge in [0.2, 0.25) is 0 Å². The number of para-hydroxylation sites is 1. The molecule has 1 aromatic rings. The Kier molecular flexibility index (Phi) is 6.40. The Morgan fingerprint density at radius 1 is 1.14 bits per heavy atom. The average Bonchev–Trinajstić information content (AvgIpc) is 2.46. The molecule has 6 nitrogen and oxygen atoms in total. The molecule has 1 atom stereocenters. The molecule has 0 amide bonds. The quantitative estimate of drug-likeness (QED) is 0.702. The minimum Gasteiger partial charge on any atom is -0.478 e. The van der Waals surface area contributed by atoms with Crippen LogP contribution >= 0.6 is 7.60 Å². The van der Waals surface area contributed by atoms with Gasteiger partial charge in [-0.3, -0.25) is 4.57 Å². The summed E-state index contributed by atoms with van der Waals surface area (Å²) in [6.45, 7) is 4.93. The zero-order valence-corrected chi connectivity index (χ0v) is 13.3. The summed E-state index contributed by atoms with van der Waals surface area (Å²) in [7, 11) is -4.00. The van der Waals surface area contributed by atoms with Crippen molar-refractivity contribution in [3.8, 4) is 5.75 Å². The highest BCUT2D eigenvalue weighted by Gasteiger charge is 2.59. The molecular weight excluding hydrogens is 295 g/mol. The van der Waals surface area contributed by atoms with Gasteiger partial charge in [-0.2, -0.15) is 0 Å². The first-order chi connectivity index (χ1) is 9.95. The highest BCUT2D eigenvalue weighted by atomic mass is 31.2. The molecule has 21 heavy (non-hydrogen) atoms. The lowest BCUT2D eigenvalue weighted by molar-refractivity contribution is -0.150. The van der Waals surface area contributed by atoms with Gasteiger partial charge in [0, 0.05) is 6.42 Å². The molecule has 0 radical (unpaired) electrons. The number of ether oxygens (including phenoxy) is 1. The Morgan fingerprint density at radius 3 is 2.05 bits per heavy atom. The van der Waals surface area contributed by atoms with E-state index in [2.05, 4.69) is 0 Å². The van der Waals surface area contributed by atoms with Crippen LogP contribution in [0.25, 0.3) is 0 Å². The van der Waals surface area contributed by atoms with E-state index in [-0.39, 0.29) is 19.6 Å². The number of benzene rings is 1. The smallest absolute Gasteiger partial charge is 0.385 e. The van der Waals surface area contributed by atoms with E-state index in [0.717, 1.165) is 0 Å². The van der Waals surface area contributed by atoms with Crippen LogP contribution in [0.3, 0.4) is 0 Å². The van der Waals surface area contributed by atoms with Crippen LogP contribution in [0.5, 0.6) is 5.75 Å². The lowest BCUT2D eigenvalue weighted by atomic mass is 10.2. The molecular formula is C14H21O6P. The molecule has 1 N–H and O–H groups in total. The van der Waals surface area contributed by atoms with Gasteiger partial charge in [0.05, 0.1) is 13.2 Å². The maximum absolute atomic E-state index is 13.0. The van der Waals surface area contributed by atoms with Gasteiger partial charge in [-0.25, -0.2) is 4.79 Å². The van der Waals surface area contributed by atoms with E-state index in [1.165, 1.54) is 0 Å². The van der Waals surface area contributed by atoms with Crippen molar-refractivity contribution >= 4 is 13.6 Å². The van der Waals surface area contributed by atoms with Crippen LogP contribution in [0, 0.1) is 0 Å². The van der Waals surface area contributed by atoms with E-state index in [1.807, 2.05) is 0 Å². The van der Waals surface area contributed by atoms with Crippen LogP contribution < -0.4 is 4.74 Å². The number of carboxylic acid groups (broad SMARTS) is 1. The molecule has 7 heteroatoms. The van der Waals surface area contributed by atoms with Crippen LogP contribution in [0.4, 0.5) is 0 Å². The van der Waals surface area contributed by atoms with E-state index in [4.69, 9.17) is 13.8 Å². The number of hydrogen-bond donors (Lipinski definition) is 1. The predicted molar refractivity (Wildman–Crippen MR) is 78.6 cm³/mol. The Labute approximate surface area is 124 Å². The van der Waals surface area contributed by atoms with E-state index in [1.54, 1.807) is 51.1 Å². The monoisotopic (exact) mass is 316 g/mol. The fourth-order valence-electron chi connectivity index (χ4n) is 1.90. The normalized spacial score (nSPS) is 14.4. The SMILES string of the molecule is CCOP(=O)(OCC)C(CC)(Oc1ccccc1)C(=O)O. The average molecular weight is 316 g/mol. The Bertz CT molecular complexity index is 493. The molecule has 118 valence electrons. The number of hydrogen-bond acceptors (Lipinski definition) is 5.